The first-order valence-corrected chi connectivity index (χ1v) is 7.45. The van der Waals surface area contributed by atoms with Crippen molar-refractivity contribution in [1.29, 1.82) is 0 Å². The SMILES string of the molecule is COCCOCCOc1ccc(C2=NC(C)(C(=O)O)CO2)c(O)c1. The summed E-state index contributed by atoms with van der Waals surface area (Å²) in [6.07, 6.45) is 0. The number of hydrogen-bond donors (Lipinski definition) is 2. The average molecular weight is 339 g/mol. The molecule has 0 aromatic heterocycles. The smallest absolute Gasteiger partial charge is 0.335 e. The number of phenols is 1. The van der Waals surface area contributed by atoms with Crippen molar-refractivity contribution in [3.05, 3.63) is 23.8 Å². The topological polar surface area (TPSA) is 107 Å². The van der Waals surface area contributed by atoms with Gasteiger partial charge in [0.2, 0.25) is 5.90 Å². The summed E-state index contributed by atoms with van der Waals surface area (Å²) in [6, 6.07) is 4.64. The molecule has 2 N–H and O–H groups in total. The van der Waals surface area contributed by atoms with Gasteiger partial charge in [0.1, 0.15) is 24.7 Å². The number of aromatic hydroxyl groups is 1. The van der Waals surface area contributed by atoms with E-state index in [1.165, 1.54) is 13.0 Å². The molecule has 0 amide bonds. The number of carboxylic acid groups (broad SMARTS) is 1. The third-order valence-electron chi connectivity index (χ3n) is 3.43. The second-order valence-corrected chi connectivity index (χ2v) is 5.42. The largest absolute Gasteiger partial charge is 0.507 e. The molecule has 1 atom stereocenters. The Morgan fingerprint density at radius 1 is 1.33 bits per heavy atom. The Morgan fingerprint density at radius 2 is 2.08 bits per heavy atom. The maximum absolute atomic E-state index is 11.2. The number of methoxy groups -OCH3 is 1. The van der Waals surface area contributed by atoms with Gasteiger partial charge in [0.15, 0.2) is 5.54 Å². The molecule has 0 fully saturated rings. The van der Waals surface area contributed by atoms with E-state index in [9.17, 15) is 9.90 Å². The molecule has 1 heterocycles. The van der Waals surface area contributed by atoms with Gasteiger partial charge in [-0.2, -0.15) is 0 Å². The zero-order valence-corrected chi connectivity index (χ0v) is 13.7. The van der Waals surface area contributed by atoms with Crippen molar-refractivity contribution >= 4 is 11.9 Å². The fourth-order valence-corrected chi connectivity index (χ4v) is 1.99. The highest BCUT2D eigenvalue weighted by Gasteiger charge is 2.40. The Morgan fingerprint density at radius 3 is 2.71 bits per heavy atom. The first kappa shape index (κ1) is 18.0. The van der Waals surface area contributed by atoms with Crippen LogP contribution in [-0.4, -0.2) is 67.8 Å². The highest BCUT2D eigenvalue weighted by molar-refractivity contribution is 6.00. The van der Waals surface area contributed by atoms with E-state index in [0.717, 1.165) is 0 Å². The van der Waals surface area contributed by atoms with E-state index in [1.807, 2.05) is 0 Å². The predicted octanol–water partition coefficient (Wildman–Crippen LogP) is 1.05. The number of phenolic OH excluding ortho intramolecular Hbond substituents is 1. The maximum atomic E-state index is 11.2. The van der Waals surface area contributed by atoms with Crippen molar-refractivity contribution in [2.45, 2.75) is 12.5 Å². The van der Waals surface area contributed by atoms with Crippen LogP contribution in [-0.2, 0) is 19.0 Å². The van der Waals surface area contributed by atoms with Gasteiger partial charge in [0, 0.05) is 13.2 Å². The molecule has 0 aliphatic carbocycles. The Kier molecular flexibility index (Phi) is 5.99. The van der Waals surface area contributed by atoms with E-state index in [-0.39, 0.29) is 18.3 Å². The van der Waals surface area contributed by atoms with Crippen molar-refractivity contribution < 1.29 is 34.0 Å². The molecule has 0 saturated carbocycles. The van der Waals surface area contributed by atoms with Gasteiger partial charge in [-0.05, 0) is 19.1 Å². The lowest BCUT2D eigenvalue weighted by Crippen LogP contribution is -2.34. The van der Waals surface area contributed by atoms with Gasteiger partial charge < -0.3 is 29.2 Å². The molecule has 8 heteroatoms. The Bertz CT molecular complexity index is 616. The molecule has 1 aromatic carbocycles. The van der Waals surface area contributed by atoms with Crippen LogP contribution in [0.25, 0.3) is 0 Å². The minimum atomic E-state index is -1.34. The van der Waals surface area contributed by atoms with Crippen LogP contribution in [0.15, 0.2) is 23.2 Å². The molecule has 8 nitrogen and oxygen atoms in total. The van der Waals surface area contributed by atoms with Crippen LogP contribution < -0.4 is 4.74 Å². The van der Waals surface area contributed by atoms with Crippen molar-refractivity contribution in [3.8, 4) is 11.5 Å². The van der Waals surface area contributed by atoms with Crippen LogP contribution in [0.1, 0.15) is 12.5 Å². The molecule has 24 heavy (non-hydrogen) atoms. The van der Waals surface area contributed by atoms with Gasteiger partial charge >= 0.3 is 5.97 Å². The zero-order chi connectivity index (χ0) is 17.6. The molecular weight excluding hydrogens is 318 g/mol. The fourth-order valence-electron chi connectivity index (χ4n) is 1.99. The van der Waals surface area contributed by atoms with Crippen molar-refractivity contribution in [2.24, 2.45) is 4.99 Å². The molecule has 1 aromatic rings. The number of aliphatic imine (C=N–C) groups is 1. The molecule has 0 saturated heterocycles. The number of carbonyl (C=O) groups is 1. The summed E-state index contributed by atoms with van der Waals surface area (Å²) in [6.45, 7) is 3.13. The van der Waals surface area contributed by atoms with Gasteiger partial charge in [-0.25, -0.2) is 9.79 Å². The maximum Gasteiger partial charge on any atom is 0.335 e. The van der Waals surface area contributed by atoms with Crippen LogP contribution in [0.3, 0.4) is 0 Å². The van der Waals surface area contributed by atoms with Crippen molar-refractivity contribution in [3.63, 3.8) is 0 Å². The van der Waals surface area contributed by atoms with E-state index in [2.05, 4.69) is 4.99 Å². The molecule has 0 bridgehead atoms. The number of aliphatic carboxylic acids is 1. The minimum absolute atomic E-state index is 0.0752. The molecule has 0 spiro atoms. The third kappa shape index (κ3) is 4.36. The van der Waals surface area contributed by atoms with E-state index in [4.69, 9.17) is 24.1 Å². The highest BCUT2D eigenvalue weighted by atomic mass is 16.5. The Labute approximate surface area is 139 Å². The van der Waals surface area contributed by atoms with Gasteiger partial charge in [-0.3, -0.25) is 0 Å². The van der Waals surface area contributed by atoms with Crippen molar-refractivity contribution in [1.82, 2.24) is 0 Å². The second kappa shape index (κ2) is 7.98. The third-order valence-corrected chi connectivity index (χ3v) is 3.43. The lowest BCUT2D eigenvalue weighted by Gasteiger charge is -2.10. The molecule has 1 aliphatic heterocycles. The minimum Gasteiger partial charge on any atom is -0.507 e. The van der Waals surface area contributed by atoms with Crippen LogP contribution in [0, 0.1) is 0 Å². The van der Waals surface area contributed by atoms with E-state index >= 15 is 0 Å². The van der Waals surface area contributed by atoms with E-state index in [1.54, 1.807) is 19.2 Å². The molecule has 1 unspecified atom stereocenters. The lowest BCUT2D eigenvalue weighted by atomic mass is 10.1. The number of rotatable bonds is 9. The van der Waals surface area contributed by atoms with Gasteiger partial charge in [0.25, 0.3) is 0 Å². The summed E-state index contributed by atoms with van der Waals surface area (Å²) in [5.74, 6) is -0.607. The number of benzene rings is 1. The van der Waals surface area contributed by atoms with E-state index < -0.39 is 11.5 Å². The predicted molar refractivity (Wildman–Crippen MR) is 84.8 cm³/mol. The Hall–Kier alpha value is -2.32. The first-order chi connectivity index (χ1) is 11.5. The van der Waals surface area contributed by atoms with Crippen LogP contribution in [0.5, 0.6) is 11.5 Å². The standard InChI is InChI=1S/C16H21NO7/c1-16(15(19)20)10-24-14(17-16)12-4-3-11(9-13(12)18)23-8-7-22-6-5-21-2/h3-4,9,18H,5-8,10H2,1-2H3,(H,19,20). The summed E-state index contributed by atoms with van der Waals surface area (Å²) in [5.41, 5.74) is -1.01. The molecule has 0 radical (unpaired) electrons. The summed E-state index contributed by atoms with van der Waals surface area (Å²) in [5, 5.41) is 19.2. The highest BCUT2D eigenvalue weighted by Crippen LogP contribution is 2.29. The second-order valence-electron chi connectivity index (χ2n) is 5.42. The van der Waals surface area contributed by atoms with Gasteiger partial charge in [-0.15, -0.1) is 0 Å². The molecule has 2 rings (SSSR count). The molecule has 1 aliphatic rings. The summed E-state index contributed by atoms with van der Waals surface area (Å²) in [7, 11) is 1.60. The summed E-state index contributed by atoms with van der Waals surface area (Å²) >= 11 is 0. The van der Waals surface area contributed by atoms with Crippen LogP contribution in [0.4, 0.5) is 0 Å². The quantitative estimate of drug-likeness (QED) is 0.648. The number of nitrogens with zero attached hydrogens (tertiary/aromatic N) is 1. The Balaban J connectivity index is 1.94. The number of hydrogen-bond acceptors (Lipinski definition) is 7. The molecular formula is C16H21NO7. The normalized spacial score (nSPS) is 19.7. The first-order valence-electron chi connectivity index (χ1n) is 7.45. The molecule has 132 valence electrons. The summed E-state index contributed by atoms with van der Waals surface area (Å²) in [4.78, 5) is 15.2. The monoisotopic (exact) mass is 339 g/mol. The van der Waals surface area contributed by atoms with Gasteiger partial charge in [0.05, 0.1) is 25.4 Å². The zero-order valence-electron chi connectivity index (χ0n) is 13.7. The lowest BCUT2D eigenvalue weighted by molar-refractivity contribution is -0.142. The van der Waals surface area contributed by atoms with Crippen molar-refractivity contribution in [2.75, 3.05) is 40.1 Å². The van der Waals surface area contributed by atoms with Crippen LogP contribution in [0.2, 0.25) is 0 Å². The van der Waals surface area contributed by atoms with Crippen LogP contribution >= 0.6 is 0 Å². The number of ether oxygens (including phenoxy) is 4. The van der Waals surface area contributed by atoms with E-state index in [0.29, 0.717) is 37.7 Å². The summed E-state index contributed by atoms with van der Waals surface area (Å²) < 4.78 is 20.9. The number of carboxylic acids is 1. The average Bonchev–Trinajstić information content (AvgIpc) is 2.94. The van der Waals surface area contributed by atoms with Gasteiger partial charge in [-0.1, -0.05) is 0 Å². The fraction of sp³-hybridized carbons (Fsp3) is 0.500.